The molecule has 1 saturated carbocycles. The molecule has 0 nitrogen and oxygen atoms in total. The van der Waals surface area contributed by atoms with E-state index in [4.69, 9.17) is 0 Å². The molecule has 0 radical (unpaired) electrons. The lowest BCUT2D eigenvalue weighted by atomic mass is 9.90. The van der Waals surface area contributed by atoms with Gasteiger partial charge in [0.25, 0.3) is 0 Å². The van der Waals surface area contributed by atoms with Crippen molar-refractivity contribution in [1.29, 1.82) is 0 Å². The Morgan fingerprint density at radius 2 is 0.967 bits per heavy atom. The summed E-state index contributed by atoms with van der Waals surface area (Å²) in [4.78, 5) is 0. The first-order valence-electron chi connectivity index (χ1n) is 14.7. The quantitative estimate of drug-likeness (QED) is 0.211. The second-order valence-electron chi connectivity index (χ2n) is 10.8. The van der Waals surface area contributed by atoms with Crippen LogP contribution >= 0.6 is 7.92 Å². The molecule has 0 aromatic heterocycles. The third-order valence-electron chi connectivity index (χ3n) is 8.16. The lowest BCUT2D eigenvalue weighted by Crippen LogP contribution is -2.22. The summed E-state index contributed by atoms with van der Waals surface area (Å²) in [5, 5.41) is 0. The van der Waals surface area contributed by atoms with E-state index in [1.165, 1.54) is 103 Å². The van der Waals surface area contributed by atoms with Gasteiger partial charge in [0.15, 0.2) is 0 Å². The van der Waals surface area contributed by atoms with Gasteiger partial charge < -0.3 is 0 Å². The number of hydrogen-bond acceptors (Lipinski definition) is 0. The van der Waals surface area contributed by atoms with Gasteiger partial charge in [0.05, 0.1) is 0 Å². The van der Waals surface area contributed by atoms with Crippen LogP contribution in [0, 0.1) is 5.92 Å². The lowest BCUT2D eigenvalue weighted by molar-refractivity contribution is 0.390. The van der Waals surface area contributed by atoms with Gasteiger partial charge in [-0.3, -0.25) is 0 Å². The van der Waals surface area contributed by atoms with Crippen LogP contribution in [0.25, 0.3) is 0 Å². The molecule has 2 aliphatic rings. The third kappa shape index (κ3) is 12.5. The standard InChI is InChI=1S/C29H57P/c1-2-3-4-5-6-7-8-11-16-21-26-30-27-22-17-12-15-20-25-29(30)28-23-18-13-9-10-14-19-24-28/h28-29H,2-27H2,1H3. The van der Waals surface area contributed by atoms with E-state index in [1.807, 2.05) is 0 Å². The highest BCUT2D eigenvalue weighted by atomic mass is 31.1. The average molecular weight is 437 g/mol. The molecule has 0 N–H and O–H groups in total. The molecule has 30 heavy (non-hydrogen) atoms. The van der Waals surface area contributed by atoms with E-state index in [1.54, 1.807) is 63.7 Å². The van der Waals surface area contributed by atoms with E-state index < -0.39 is 0 Å². The monoisotopic (exact) mass is 436 g/mol. The number of hydrogen-bond donors (Lipinski definition) is 0. The fourth-order valence-corrected chi connectivity index (χ4v) is 9.80. The number of unbranched alkanes of at least 4 members (excludes halogenated alkanes) is 9. The second kappa shape index (κ2) is 18.9. The Kier molecular flexibility index (Phi) is 16.9. The molecule has 0 aromatic carbocycles. The van der Waals surface area contributed by atoms with Crippen LogP contribution in [0.4, 0.5) is 0 Å². The maximum atomic E-state index is 2.32. The van der Waals surface area contributed by atoms with E-state index in [0.717, 1.165) is 11.6 Å². The molecule has 1 heteroatoms. The van der Waals surface area contributed by atoms with Crippen LogP contribution in [0.3, 0.4) is 0 Å². The molecular formula is C29H57P. The zero-order valence-electron chi connectivity index (χ0n) is 21.0. The molecule has 0 spiro atoms. The van der Waals surface area contributed by atoms with Gasteiger partial charge in [-0.1, -0.05) is 129 Å². The summed E-state index contributed by atoms with van der Waals surface area (Å²) < 4.78 is 0. The molecule has 0 amide bonds. The van der Waals surface area contributed by atoms with Crippen molar-refractivity contribution in [3.8, 4) is 0 Å². The first-order valence-corrected chi connectivity index (χ1v) is 16.4. The van der Waals surface area contributed by atoms with E-state index in [9.17, 15) is 0 Å². The zero-order valence-corrected chi connectivity index (χ0v) is 21.9. The van der Waals surface area contributed by atoms with E-state index in [-0.39, 0.29) is 0 Å². The van der Waals surface area contributed by atoms with Gasteiger partial charge in [-0.25, -0.2) is 0 Å². The Morgan fingerprint density at radius 3 is 1.57 bits per heavy atom. The van der Waals surface area contributed by atoms with Crippen molar-refractivity contribution in [2.24, 2.45) is 5.92 Å². The highest BCUT2D eigenvalue weighted by molar-refractivity contribution is 7.58. The second-order valence-corrected chi connectivity index (χ2v) is 13.5. The smallest absolute Gasteiger partial charge is 0.0181 e. The van der Waals surface area contributed by atoms with Crippen molar-refractivity contribution in [1.82, 2.24) is 0 Å². The molecule has 2 fully saturated rings. The summed E-state index contributed by atoms with van der Waals surface area (Å²) in [6, 6.07) is 0. The normalized spacial score (nSPS) is 25.5. The van der Waals surface area contributed by atoms with Crippen molar-refractivity contribution >= 4 is 7.92 Å². The summed E-state index contributed by atoms with van der Waals surface area (Å²) in [5.41, 5.74) is 1.15. The SMILES string of the molecule is CCCCCCCCCCCCP1CCCCCCCC1C1CCCCCCCC1. The minimum Gasteiger partial charge on any atom is -0.103 e. The Bertz CT molecular complexity index is 355. The van der Waals surface area contributed by atoms with Gasteiger partial charge in [0.2, 0.25) is 0 Å². The first kappa shape index (κ1) is 26.7. The van der Waals surface area contributed by atoms with Crippen LogP contribution < -0.4 is 0 Å². The van der Waals surface area contributed by atoms with Crippen LogP contribution in [0.1, 0.15) is 161 Å². The van der Waals surface area contributed by atoms with Gasteiger partial charge in [0.1, 0.15) is 0 Å². The van der Waals surface area contributed by atoms with Crippen molar-refractivity contribution in [2.45, 2.75) is 167 Å². The Hall–Kier alpha value is 0.430. The van der Waals surface area contributed by atoms with Crippen LogP contribution in [0.5, 0.6) is 0 Å². The minimum atomic E-state index is 0.318. The zero-order chi connectivity index (χ0) is 21.1. The molecule has 1 aliphatic heterocycles. The molecule has 2 atom stereocenters. The molecular weight excluding hydrogens is 379 g/mol. The Morgan fingerprint density at radius 1 is 0.500 bits per heavy atom. The van der Waals surface area contributed by atoms with Gasteiger partial charge >= 0.3 is 0 Å². The van der Waals surface area contributed by atoms with Crippen LogP contribution in [0.2, 0.25) is 0 Å². The minimum absolute atomic E-state index is 0.318. The summed E-state index contributed by atoms with van der Waals surface area (Å²) in [6.45, 7) is 2.32. The summed E-state index contributed by atoms with van der Waals surface area (Å²) in [5.74, 6) is 1.11. The van der Waals surface area contributed by atoms with Crippen LogP contribution in [-0.4, -0.2) is 18.0 Å². The van der Waals surface area contributed by atoms with Crippen molar-refractivity contribution < 1.29 is 0 Å². The maximum Gasteiger partial charge on any atom is -0.0181 e. The van der Waals surface area contributed by atoms with Gasteiger partial charge in [-0.15, -0.1) is 7.92 Å². The fraction of sp³-hybridized carbons (Fsp3) is 1.00. The van der Waals surface area contributed by atoms with Crippen LogP contribution in [-0.2, 0) is 0 Å². The molecule has 0 aromatic rings. The first-order chi connectivity index (χ1) is 14.9. The molecule has 1 saturated heterocycles. The van der Waals surface area contributed by atoms with Crippen LogP contribution in [0.15, 0.2) is 0 Å². The largest absolute Gasteiger partial charge is 0.103 e. The van der Waals surface area contributed by atoms with Crippen molar-refractivity contribution in [3.63, 3.8) is 0 Å². The highest BCUT2D eigenvalue weighted by Gasteiger charge is 2.28. The molecule has 1 aliphatic carbocycles. The predicted molar refractivity (Wildman–Crippen MR) is 140 cm³/mol. The average Bonchev–Trinajstić information content (AvgIpc) is 2.97. The third-order valence-corrected chi connectivity index (χ3v) is 11.6. The van der Waals surface area contributed by atoms with E-state index in [2.05, 4.69) is 6.92 Å². The van der Waals surface area contributed by atoms with Gasteiger partial charge in [0, 0.05) is 0 Å². The highest BCUT2D eigenvalue weighted by Crippen LogP contribution is 2.51. The molecule has 2 unspecified atom stereocenters. The fourth-order valence-electron chi connectivity index (χ4n) is 6.21. The molecule has 178 valence electrons. The predicted octanol–water partition coefficient (Wildman–Crippen LogP) is 10.9. The topological polar surface area (TPSA) is 0 Å². The van der Waals surface area contributed by atoms with Gasteiger partial charge in [-0.05, 0) is 56.0 Å². The van der Waals surface area contributed by atoms with Crippen molar-refractivity contribution in [3.05, 3.63) is 0 Å². The Balaban J connectivity index is 1.72. The van der Waals surface area contributed by atoms with Crippen molar-refractivity contribution in [2.75, 3.05) is 12.3 Å². The molecule has 2 rings (SSSR count). The lowest BCUT2D eigenvalue weighted by Gasteiger charge is -2.35. The number of rotatable bonds is 12. The summed E-state index contributed by atoms with van der Waals surface area (Å²) in [6.07, 6.45) is 39.8. The molecule has 1 heterocycles. The summed E-state index contributed by atoms with van der Waals surface area (Å²) in [7, 11) is 0.318. The van der Waals surface area contributed by atoms with Gasteiger partial charge in [-0.2, -0.15) is 0 Å². The Labute approximate surface area is 192 Å². The maximum absolute atomic E-state index is 2.32. The van der Waals surface area contributed by atoms with E-state index >= 15 is 0 Å². The molecule has 0 bridgehead atoms. The summed E-state index contributed by atoms with van der Waals surface area (Å²) >= 11 is 0. The van der Waals surface area contributed by atoms with E-state index in [0.29, 0.717) is 7.92 Å².